The van der Waals surface area contributed by atoms with Gasteiger partial charge in [-0.05, 0) is 12.1 Å². The molecule has 0 amide bonds. The molecule has 12 heavy (non-hydrogen) atoms. The first-order chi connectivity index (χ1) is 5.00. The fourth-order valence-electron chi connectivity index (χ4n) is 0.634. The molecule has 56 valence electrons. The molecule has 3 nitrogen and oxygen atoms in total. The molecule has 1 aromatic carbocycles. The second-order valence-electron chi connectivity index (χ2n) is 2.02. The Balaban J connectivity index is 0.00000121. The van der Waals surface area contributed by atoms with Gasteiger partial charge in [-0.25, -0.2) is 8.42 Å². The van der Waals surface area contributed by atoms with Crippen molar-refractivity contribution in [2.24, 2.45) is 0 Å². The van der Waals surface area contributed by atoms with Gasteiger partial charge in [-0.3, -0.25) is 0 Å². The fourth-order valence-corrected chi connectivity index (χ4v) is 1.10. The van der Waals surface area contributed by atoms with Crippen molar-refractivity contribution in [3.05, 3.63) is 24.3 Å². The van der Waals surface area contributed by atoms with Crippen LogP contribution in [0.4, 0.5) is 0 Å². The second-order valence-corrected chi connectivity index (χ2v) is 3.40. The van der Waals surface area contributed by atoms with Gasteiger partial charge in [0.25, 0.3) is 0 Å². The largest absolute Gasteiger partial charge is 1.00 e. The van der Waals surface area contributed by atoms with E-state index in [1.54, 1.807) is 0 Å². The van der Waals surface area contributed by atoms with Crippen LogP contribution >= 0.6 is 0 Å². The molecule has 0 aliphatic heterocycles. The van der Waals surface area contributed by atoms with Crippen molar-refractivity contribution in [1.29, 1.82) is 0 Å². The summed E-state index contributed by atoms with van der Waals surface area (Å²) in [6.07, 6.45) is 0. The molecule has 1 aromatic rings. The Labute approximate surface area is 94.6 Å². The number of hydrogen-bond donors (Lipinski definition) is 0. The molecule has 0 aromatic heterocycles. The van der Waals surface area contributed by atoms with E-state index in [1.165, 1.54) is 24.3 Å². The van der Waals surface area contributed by atoms with E-state index in [2.05, 4.69) is 0 Å². The Kier molecular flexibility index (Phi) is 4.51. The minimum Gasteiger partial charge on any atom is -0.744 e. The molecule has 0 saturated carbocycles. The fraction of sp³-hybridized carbons (Fsp3) is 0. The maximum Gasteiger partial charge on any atom is 1.00 e. The van der Waals surface area contributed by atoms with Crippen LogP contribution in [-0.2, 0) is 10.1 Å². The predicted molar refractivity (Wildman–Crippen MR) is 39.8 cm³/mol. The predicted octanol–water partition coefficient (Wildman–Crippen LogP) is -3.61. The topological polar surface area (TPSA) is 57.2 Å². The zero-order chi connectivity index (χ0) is 8.48. The molecule has 0 atom stereocenters. The smallest absolute Gasteiger partial charge is 0.744 e. The summed E-state index contributed by atoms with van der Waals surface area (Å²) in [6.45, 7) is 0. The maximum absolute atomic E-state index is 10.3. The Morgan fingerprint density at radius 3 is 1.92 bits per heavy atom. The van der Waals surface area contributed by atoms with Crippen molar-refractivity contribution in [3.8, 4) is 0 Å². The van der Waals surface area contributed by atoms with Gasteiger partial charge in [-0.1, -0.05) is 17.6 Å². The Bertz CT molecular complexity index is 346. The van der Waals surface area contributed by atoms with E-state index in [0.717, 1.165) is 0 Å². The summed E-state index contributed by atoms with van der Waals surface area (Å²) in [5.41, 5.74) is 0.428. The summed E-state index contributed by atoms with van der Waals surface area (Å²) in [4.78, 5) is -0.258. The normalized spacial score (nSPS) is 10.4. The van der Waals surface area contributed by atoms with E-state index in [0.29, 0.717) is 5.46 Å². The molecule has 0 heterocycles. The SMILES string of the molecule is [B]c1ccc(S(=O)(=O)[O-])cc1.[Na+]. The molecule has 0 saturated heterocycles. The molecular formula is C6H4BNaO3S. The molecule has 0 aliphatic carbocycles. The van der Waals surface area contributed by atoms with E-state index in [-0.39, 0.29) is 34.5 Å². The van der Waals surface area contributed by atoms with Gasteiger partial charge in [-0.2, -0.15) is 0 Å². The third-order valence-electron chi connectivity index (χ3n) is 1.17. The molecular weight excluding hydrogens is 186 g/mol. The molecule has 0 unspecified atom stereocenters. The first kappa shape index (κ1) is 12.2. The van der Waals surface area contributed by atoms with Gasteiger partial charge >= 0.3 is 29.6 Å². The number of benzene rings is 1. The summed E-state index contributed by atoms with van der Waals surface area (Å²) in [6, 6.07) is 5.09. The molecule has 1 rings (SSSR count). The molecule has 0 bridgehead atoms. The molecule has 0 fully saturated rings. The van der Waals surface area contributed by atoms with Gasteiger partial charge in [0.15, 0.2) is 0 Å². The standard InChI is InChI=1S/C6H5BO3S.Na/c7-5-1-3-6(4-2-5)11(8,9)10;/h1-4H,(H,8,9,10);/q;+1/p-1. The molecule has 0 spiro atoms. The quantitative estimate of drug-likeness (QED) is 0.339. The first-order valence-electron chi connectivity index (χ1n) is 2.81. The molecule has 0 aliphatic rings. The van der Waals surface area contributed by atoms with E-state index in [1.807, 2.05) is 0 Å². The van der Waals surface area contributed by atoms with Crippen molar-refractivity contribution in [2.45, 2.75) is 4.90 Å². The van der Waals surface area contributed by atoms with Gasteiger partial charge in [0.05, 0.1) is 4.90 Å². The monoisotopic (exact) mass is 190 g/mol. The van der Waals surface area contributed by atoms with Crippen molar-refractivity contribution in [2.75, 3.05) is 0 Å². The van der Waals surface area contributed by atoms with Gasteiger partial charge in [0, 0.05) is 0 Å². The van der Waals surface area contributed by atoms with E-state index in [4.69, 9.17) is 7.85 Å². The van der Waals surface area contributed by atoms with E-state index >= 15 is 0 Å². The van der Waals surface area contributed by atoms with Gasteiger partial charge in [0.1, 0.15) is 18.0 Å². The third kappa shape index (κ3) is 3.29. The minimum absolute atomic E-state index is 0. The maximum atomic E-state index is 10.3. The Hall–Kier alpha value is 0.195. The summed E-state index contributed by atoms with van der Waals surface area (Å²) >= 11 is 0. The van der Waals surface area contributed by atoms with Crippen LogP contribution in [0, 0.1) is 0 Å². The molecule has 0 N–H and O–H groups in total. The minimum atomic E-state index is -4.33. The average molecular weight is 190 g/mol. The van der Waals surface area contributed by atoms with Crippen molar-refractivity contribution in [3.63, 3.8) is 0 Å². The second kappa shape index (κ2) is 4.44. The van der Waals surface area contributed by atoms with Gasteiger partial charge in [0.2, 0.25) is 0 Å². The van der Waals surface area contributed by atoms with Crippen LogP contribution in [0.3, 0.4) is 0 Å². The van der Waals surface area contributed by atoms with E-state index < -0.39 is 10.1 Å². The summed E-state index contributed by atoms with van der Waals surface area (Å²) in [5.74, 6) is 0. The van der Waals surface area contributed by atoms with E-state index in [9.17, 15) is 13.0 Å². The Morgan fingerprint density at radius 2 is 1.58 bits per heavy atom. The van der Waals surface area contributed by atoms with Crippen LogP contribution in [0.1, 0.15) is 0 Å². The average Bonchev–Trinajstić information content (AvgIpc) is 1.86. The van der Waals surface area contributed by atoms with Gasteiger partial charge in [-0.15, -0.1) is 0 Å². The van der Waals surface area contributed by atoms with Crippen LogP contribution in [0.2, 0.25) is 0 Å². The summed E-state index contributed by atoms with van der Waals surface area (Å²) in [5, 5.41) is 0. The molecule has 6 heteroatoms. The molecule has 2 radical (unpaired) electrons. The van der Waals surface area contributed by atoms with Crippen molar-refractivity contribution < 1.29 is 42.5 Å². The summed E-state index contributed by atoms with van der Waals surface area (Å²) in [7, 11) is 0.948. The van der Waals surface area contributed by atoms with Crippen LogP contribution in [0.25, 0.3) is 0 Å². The third-order valence-corrected chi connectivity index (χ3v) is 2.02. The Morgan fingerprint density at radius 1 is 1.17 bits per heavy atom. The zero-order valence-corrected chi connectivity index (χ0v) is 9.34. The first-order valence-corrected chi connectivity index (χ1v) is 4.22. The van der Waals surface area contributed by atoms with Crippen molar-refractivity contribution >= 4 is 23.4 Å². The van der Waals surface area contributed by atoms with Crippen LogP contribution in [0.15, 0.2) is 29.2 Å². The van der Waals surface area contributed by atoms with Crippen LogP contribution in [-0.4, -0.2) is 20.8 Å². The summed E-state index contributed by atoms with van der Waals surface area (Å²) < 4.78 is 31.0. The van der Waals surface area contributed by atoms with Gasteiger partial charge < -0.3 is 4.55 Å². The van der Waals surface area contributed by atoms with Crippen molar-refractivity contribution in [1.82, 2.24) is 0 Å². The van der Waals surface area contributed by atoms with Crippen LogP contribution in [0.5, 0.6) is 0 Å². The number of rotatable bonds is 1. The zero-order valence-electron chi connectivity index (χ0n) is 6.52. The van der Waals surface area contributed by atoms with Crippen LogP contribution < -0.4 is 35.0 Å². The number of hydrogen-bond acceptors (Lipinski definition) is 3.